The fourth-order valence-electron chi connectivity index (χ4n) is 1.70. The molecule has 1 aromatic heterocycles. The summed E-state index contributed by atoms with van der Waals surface area (Å²) >= 11 is 0. The Hall–Kier alpha value is -1.92. The molecule has 102 valence electrons. The van der Waals surface area contributed by atoms with Gasteiger partial charge in [-0.05, 0) is 33.2 Å². The van der Waals surface area contributed by atoms with Crippen molar-refractivity contribution in [3.8, 4) is 0 Å². The van der Waals surface area contributed by atoms with Crippen molar-refractivity contribution in [2.75, 3.05) is 31.4 Å². The van der Waals surface area contributed by atoms with Crippen molar-refractivity contribution in [1.82, 2.24) is 14.9 Å². The van der Waals surface area contributed by atoms with Crippen LogP contribution in [0.5, 0.6) is 0 Å². The number of likely N-dealkylation sites (N-methyl/N-ethyl adjacent to an activating group) is 1. The van der Waals surface area contributed by atoms with Gasteiger partial charge < -0.3 is 10.2 Å². The van der Waals surface area contributed by atoms with E-state index in [1.807, 2.05) is 24.3 Å². The van der Waals surface area contributed by atoms with Crippen molar-refractivity contribution < 1.29 is 0 Å². The highest BCUT2D eigenvalue weighted by atomic mass is 15.3. The third-order valence-electron chi connectivity index (χ3n) is 3.18. The first-order valence-electron chi connectivity index (χ1n) is 6.25. The number of nitrogen functional groups attached to an aromatic ring is 1. The number of aromatic nitrogens is 2. The lowest BCUT2D eigenvalue weighted by Gasteiger charge is -2.20. The van der Waals surface area contributed by atoms with E-state index < -0.39 is 0 Å². The monoisotopic (exact) mass is 260 g/mol. The molecule has 6 nitrogen and oxygen atoms in total. The van der Waals surface area contributed by atoms with Gasteiger partial charge in [-0.2, -0.15) is 4.98 Å². The molecular weight excluding hydrogens is 240 g/mol. The maximum Gasteiger partial charge on any atom is 0.239 e. The second kappa shape index (κ2) is 5.81. The van der Waals surface area contributed by atoms with Gasteiger partial charge in [0.05, 0.1) is 5.52 Å². The highest BCUT2D eigenvalue weighted by molar-refractivity contribution is 5.89. The fourth-order valence-corrected chi connectivity index (χ4v) is 1.70. The van der Waals surface area contributed by atoms with E-state index in [0.29, 0.717) is 12.0 Å². The first-order valence-corrected chi connectivity index (χ1v) is 6.25. The molecule has 0 amide bonds. The van der Waals surface area contributed by atoms with Crippen LogP contribution in [0.2, 0.25) is 0 Å². The molecule has 0 aliphatic carbocycles. The molecule has 0 saturated heterocycles. The highest BCUT2D eigenvalue weighted by Gasteiger charge is 2.09. The number of hydrazine groups is 1. The minimum absolute atomic E-state index is 0.406. The molecule has 2 rings (SSSR count). The van der Waals surface area contributed by atoms with Crippen LogP contribution in [0.4, 0.5) is 11.8 Å². The predicted octanol–water partition coefficient (Wildman–Crippen LogP) is 1.28. The van der Waals surface area contributed by atoms with E-state index in [0.717, 1.165) is 23.3 Å². The van der Waals surface area contributed by atoms with Gasteiger partial charge in [0.25, 0.3) is 0 Å². The van der Waals surface area contributed by atoms with Gasteiger partial charge in [-0.25, -0.2) is 10.8 Å². The quantitative estimate of drug-likeness (QED) is 0.555. The Balaban J connectivity index is 2.30. The number of nitrogens with one attached hydrogen (secondary N) is 2. The van der Waals surface area contributed by atoms with Gasteiger partial charge in [0.1, 0.15) is 5.82 Å². The van der Waals surface area contributed by atoms with E-state index in [1.54, 1.807) is 0 Å². The molecule has 1 atom stereocenters. The summed E-state index contributed by atoms with van der Waals surface area (Å²) in [5.74, 6) is 6.62. The molecule has 0 fully saturated rings. The molecule has 4 N–H and O–H groups in total. The van der Waals surface area contributed by atoms with Crippen LogP contribution >= 0.6 is 0 Å². The van der Waals surface area contributed by atoms with Gasteiger partial charge in [-0.1, -0.05) is 12.1 Å². The van der Waals surface area contributed by atoms with Crippen LogP contribution in [0.15, 0.2) is 24.3 Å². The Bertz CT molecular complexity index is 554. The van der Waals surface area contributed by atoms with Crippen LogP contribution in [0.3, 0.4) is 0 Å². The lowest BCUT2D eigenvalue weighted by atomic mass is 10.2. The first-order chi connectivity index (χ1) is 9.11. The lowest BCUT2D eigenvalue weighted by molar-refractivity contribution is 0.326. The van der Waals surface area contributed by atoms with Crippen LogP contribution in [0.25, 0.3) is 10.9 Å². The first kappa shape index (κ1) is 13.5. The summed E-state index contributed by atoms with van der Waals surface area (Å²) in [7, 11) is 4.11. The van der Waals surface area contributed by atoms with E-state index in [-0.39, 0.29) is 0 Å². The maximum atomic E-state index is 5.40. The van der Waals surface area contributed by atoms with Gasteiger partial charge in [0, 0.05) is 18.0 Å². The van der Waals surface area contributed by atoms with Crippen molar-refractivity contribution in [3.05, 3.63) is 24.3 Å². The van der Waals surface area contributed by atoms with E-state index in [4.69, 9.17) is 5.84 Å². The summed E-state index contributed by atoms with van der Waals surface area (Å²) < 4.78 is 0. The molecule has 6 heteroatoms. The van der Waals surface area contributed by atoms with Crippen LogP contribution in [-0.4, -0.2) is 41.5 Å². The van der Waals surface area contributed by atoms with Crippen molar-refractivity contribution in [2.45, 2.75) is 13.0 Å². The Kier molecular flexibility index (Phi) is 4.13. The average molecular weight is 260 g/mol. The summed E-state index contributed by atoms with van der Waals surface area (Å²) in [6.07, 6.45) is 0. The van der Waals surface area contributed by atoms with Gasteiger partial charge in [0.2, 0.25) is 5.95 Å². The van der Waals surface area contributed by atoms with Gasteiger partial charge >= 0.3 is 0 Å². The number of rotatable bonds is 5. The molecule has 0 bridgehead atoms. The third kappa shape index (κ3) is 3.10. The van der Waals surface area contributed by atoms with E-state index in [2.05, 4.69) is 46.6 Å². The number of para-hydroxylation sites is 1. The maximum absolute atomic E-state index is 5.40. The normalized spacial score (nSPS) is 12.7. The Morgan fingerprint density at radius 1 is 1.26 bits per heavy atom. The van der Waals surface area contributed by atoms with Crippen molar-refractivity contribution in [2.24, 2.45) is 5.84 Å². The number of fused-ring (bicyclic) bond motifs is 1. The highest BCUT2D eigenvalue weighted by Crippen LogP contribution is 2.21. The summed E-state index contributed by atoms with van der Waals surface area (Å²) in [4.78, 5) is 10.8. The van der Waals surface area contributed by atoms with E-state index in [9.17, 15) is 0 Å². The summed E-state index contributed by atoms with van der Waals surface area (Å²) in [5.41, 5.74) is 3.36. The fraction of sp³-hybridized carbons (Fsp3) is 0.385. The smallest absolute Gasteiger partial charge is 0.239 e. The number of hydrogen-bond acceptors (Lipinski definition) is 6. The van der Waals surface area contributed by atoms with Gasteiger partial charge in [-0.15, -0.1) is 0 Å². The molecule has 2 aromatic rings. The number of hydrogen-bond donors (Lipinski definition) is 3. The zero-order chi connectivity index (χ0) is 13.8. The molecule has 1 heterocycles. The number of nitrogens with two attached hydrogens (primary N) is 1. The number of nitrogens with zero attached hydrogens (tertiary/aromatic N) is 3. The second-order valence-electron chi connectivity index (χ2n) is 4.75. The van der Waals surface area contributed by atoms with Crippen molar-refractivity contribution >= 4 is 22.7 Å². The Labute approximate surface area is 113 Å². The summed E-state index contributed by atoms with van der Waals surface area (Å²) in [5, 5.41) is 4.35. The molecule has 0 aliphatic rings. The minimum atomic E-state index is 0.406. The third-order valence-corrected chi connectivity index (χ3v) is 3.18. The van der Waals surface area contributed by atoms with Crippen LogP contribution in [0.1, 0.15) is 6.92 Å². The van der Waals surface area contributed by atoms with E-state index >= 15 is 0 Å². The van der Waals surface area contributed by atoms with Gasteiger partial charge in [-0.3, -0.25) is 5.43 Å². The molecule has 0 spiro atoms. The second-order valence-corrected chi connectivity index (χ2v) is 4.75. The minimum Gasteiger partial charge on any atom is -0.368 e. The molecule has 19 heavy (non-hydrogen) atoms. The summed E-state index contributed by atoms with van der Waals surface area (Å²) in [6.45, 7) is 2.95. The largest absolute Gasteiger partial charge is 0.368 e. The molecule has 0 radical (unpaired) electrons. The van der Waals surface area contributed by atoms with Crippen molar-refractivity contribution in [1.29, 1.82) is 0 Å². The van der Waals surface area contributed by atoms with E-state index in [1.165, 1.54) is 0 Å². The number of benzene rings is 1. The molecule has 1 unspecified atom stereocenters. The SMILES string of the molecule is CC(CNc1nc(NN)nc2ccccc12)N(C)C. The predicted molar refractivity (Wildman–Crippen MR) is 79.0 cm³/mol. The molecule has 1 aromatic carbocycles. The standard InChI is InChI=1S/C13H20N6/c1-9(19(2)3)8-15-12-10-6-4-5-7-11(10)16-13(17-12)18-14/h4-7,9H,8,14H2,1-3H3,(H2,15,16,17,18). The summed E-state index contributed by atoms with van der Waals surface area (Å²) in [6, 6.07) is 8.27. The average Bonchev–Trinajstić information content (AvgIpc) is 2.43. The lowest BCUT2D eigenvalue weighted by Crippen LogP contribution is -2.31. The Morgan fingerprint density at radius 3 is 2.68 bits per heavy atom. The van der Waals surface area contributed by atoms with Crippen LogP contribution in [0, 0.1) is 0 Å². The van der Waals surface area contributed by atoms with Crippen molar-refractivity contribution in [3.63, 3.8) is 0 Å². The zero-order valence-corrected chi connectivity index (χ0v) is 11.5. The molecular formula is C13H20N6. The Morgan fingerprint density at radius 2 is 2.00 bits per heavy atom. The van der Waals surface area contributed by atoms with Gasteiger partial charge in [0.15, 0.2) is 0 Å². The number of anilines is 2. The van der Waals surface area contributed by atoms with Crippen LogP contribution < -0.4 is 16.6 Å². The zero-order valence-electron chi connectivity index (χ0n) is 11.5. The molecule has 0 saturated carbocycles. The topological polar surface area (TPSA) is 79.1 Å². The van der Waals surface area contributed by atoms with Crippen LogP contribution in [-0.2, 0) is 0 Å². The molecule has 0 aliphatic heterocycles.